The second-order valence-electron chi connectivity index (χ2n) is 5.45. The lowest BCUT2D eigenvalue weighted by molar-refractivity contribution is 0.0955. The van der Waals surface area contributed by atoms with Gasteiger partial charge in [-0.25, -0.2) is 5.43 Å². The second-order valence-corrected chi connectivity index (χ2v) is 5.45. The zero-order valence-corrected chi connectivity index (χ0v) is 12.2. The van der Waals surface area contributed by atoms with Crippen LogP contribution in [0.25, 0.3) is 10.8 Å². The van der Waals surface area contributed by atoms with Crippen molar-refractivity contribution in [3.8, 4) is 0 Å². The lowest BCUT2D eigenvalue weighted by Crippen LogP contribution is -2.19. The van der Waals surface area contributed by atoms with E-state index in [9.17, 15) is 4.79 Å². The molecule has 0 aliphatic rings. The van der Waals surface area contributed by atoms with Gasteiger partial charge in [-0.3, -0.25) is 4.79 Å². The zero-order valence-electron chi connectivity index (χ0n) is 12.2. The molecular weight excluding hydrogens is 248 g/mol. The van der Waals surface area contributed by atoms with E-state index < -0.39 is 0 Å². The summed E-state index contributed by atoms with van der Waals surface area (Å²) in [6.45, 7) is 6.19. The summed E-state index contributed by atoms with van der Waals surface area (Å²) in [5.74, 6) is 0.371. The van der Waals surface area contributed by atoms with E-state index >= 15 is 0 Å². The first-order chi connectivity index (χ1) is 9.56. The maximum atomic E-state index is 12.1. The summed E-state index contributed by atoms with van der Waals surface area (Å²) in [5.41, 5.74) is 4.19. The molecule has 2 aromatic carbocycles. The zero-order chi connectivity index (χ0) is 14.5. The molecule has 0 saturated heterocycles. The van der Waals surface area contributed by atoms with Crippen molar-refractivity contribution in [2.75, 3.05) is 0 Å². The number of fused-ring (bicyclic) bond motifs is 1. The number of nitrogens with zero attached hydrogens (tertiary/aromatic N) is 1. The van der Waals surface area contributed by atoms with Gasteiger partial charge in [0.2, 0.25) is 0 Å². The van der Waals surface area contributed by atoms with Crippen molar-refractivity contribution in [3.05, 3.63) is 48.0 Å². The first-order valence-electron chi connectivity index (χ1n) is 6.88. The van der Waals surface area contributed by atoms with Gasteiger partial charge in [-0.2, -0.15) is 5.10 Å². The molecule has 20 heavy (non-hydrogen) atoms. The lowest BCUT2D eigenvalue weighted by atomic mass is 10.1. The molecule has 2 rings (SSSR count). The topological polar surface area (TPSA) is 41.5 Å². The predicted octanol–water partition coefficient (Wildman–Crippen LogP) is 3.99. The van der Waals surface area contributed by atoms with Crippen molar-refractivity contribution < 1.29 is 4.79 Å². The van der Waals surface area contributed by atoms with Gasteiger partial charge >= 0.3 is 0 Å². The molecule has 0 bridgehead atoms. The molecule has 0 saturated carbocycles. The van der Waals surface area contributed by atoms with Crippen LogP contribution in [0.2, 0.25) is 0 Å². The van der Waals surface area contributed by atoms with Crippen molar-refractivity contribution in [1.29, 1.82) is 0 Å². The summed E-state index contributed by atoms with van der Waals surface area (Å²) < 4.78 is 0. The standard InChI is InChI=1S/C17H20N2O/c1-12(2)10-13(3)18-19-17(20)16-9-8-14-6-4-5-7-15(14)11-16/h4-9,11-12H,10H2,1-3H3,(H,19,20). The SMILES string of the molecule is CC(CC(C)C)=NNC(=O)c1ccc2ccccc2c1. The van der Waals surface area contributed by atoms with Gasteiger partial charge < -0.3 is 0 Å². The molecule has 0 aromatic heterocycles. The third-order valence-corrected chi connectivity index (χ3v) is 3.06. The Morgan fingerprint density at radius 2 is 1.85 bits per heavy atom. The fraction of sp³-hybridized carbons (Fsp3) is 0.294. The molecule has 0 aliphatic heterocycles. The minimum Gasteiger partial charge on any atom is -0.267 e. The predicted molar refractivity (Wildman–Crippen MR) is 84.0 cm³/mol. The van der Waals surface area contributed by atoms with Crippen LogP contribution in [0.5, 0.6) is 0 Å². The Morgan fingerprint density at radius 3 is 2.55 bits per heavy atom. The number of benzene rings is 2. The average molecular weight is 268 g/mol. The van der Waals surface area contributed by atoms with Crippen LogP contribution in [0.15, 0.2) is 47.6 Å². The molecule has 0 atom stereocenters. The van der Waals surface area contributed by atoms with Gasteiger partial charge in [-0.05, 0) is 42.2 Å². The third-order valence-electron chi connectivity index (χ3n) is 3.06. The Morgan fingerprint density at radius 1 is 1.15 bits per heavy atom. The monoisotopic (exact) mass is 268 g/mol. The molecule has 1 N–H and O–H groups in total. The minimum absolute atomic E-state index is 0.168. The number of amides is 1. The number of carbonyl (C=O) groups excluding carboxylic acids is 1. The summed E-state index contributed by atoms with van der Waals surface area (Å²) >= 11 is 0. The third kappa shape index (κ3) is 3.67. The van der Waals surface area contributed by atoms with E-state index in [1.54, 1.807) is 0 Å². The quantitative estimate of drug-likeness (QED) is 0.661. The Bertz CT molecular complexity index is 644. The fourth-order valence-electron chi connectivity index (χ4n) is 2.18. The highest BCUT2D eigenvalue weighted by Gasteiger charge is 2.05. The highest BCUT2D eigenvalue weighted by atomic mass is 16.2. The molecule has 0 radical (unpaired) electrons. The number of hydrazone groups is 1. The van der Waals surface area contributed by atoms with E-state index in [0.717, 1.165) is 22.9 Å². The van der Waals surface area contributed by atoms with Crippen molar-refractivity contribution in [3.63, 3.8) is 0 Å². The molecule has 1 amide bonds. The van der Waals surface area contributed by atoms with Crippen molar-refractivity contribution in [2.45, 2.75) is 27.2 Å². The van der Waals surface area contributed by atoms with Crippen LogP contribution in [0.4, 0.5) is 0 Å². The van der Waals surface area contributed by atoms with Gasteiger partial charge in [0, 0.05) is 11.3 Å². The molecule has 2 aromatic rings. The smallest absolute Gasteiger partial charge is 0.267 e. The molecule has 104 valence electrons. The van der Waals surface area contributed by atoms with Gasteiger partial charge in [0.1, 0.15) is 0 Å². The van der Waals surface area contributed by atoms with Crippen LogP contribution in [-0.4, -0.2) is 11.6 Å². The molecular formula is C17H20N2O. The molecule has 0 aliphatic carbocycles. The van der Waals surface area contributed by atoms with Crippen molar-refractivity contribution >= 4 is 22.4 Å². The minimum atomic E-state index is -0.168. The maximum absolute atomic E-state index is 12.1. The van der Waals surface area contributed by atoms with Crippen LogP contribution < -0.4 is 5.43 Å². The maximum Gasteiger partial charge on any atom is 0.271 e. The molecule has 0 spiro atoms. The largest absolute Gasteiger partial charge is 0.271 e. The number of carbonyl (C=O) groups is 1. The summed E-state index contributed by atoms with van der Waals surface area (Å²) in [4.78, 5) is 12.1. The van der Waals surface area contributed by atoms with E-state index in [2.05, 4.69) is 24.4 Å². The van der Waals surface area contributed by atoms with Crippen LogP contribution >= 0.6 is 0 Å². The number of hydrogen-bond donors (Lipinski definition) is 1. The lowest BCUT2D eigenvalue weighted by Gasteiger charge is -2.05. The van der Waals surface area contributed by atoms with E-state index in [0.29, 0.717) is 11.5 Å². The van der Waals surface area contributed by atoms with Gasteiger partial charge in [0.15, 0.2) is 0 Å². The highest BCUT2D eigenvalue weighted by molar-refractivity contribution is 5.99. The normalized spacial score (nSPS) is 11.9. The summed E-state index contributed by atoms with van der Waals surface area (Å²) in [6, 6.07) is 13.6. The Labute approximate surface area is 119 Å². The Kier molecular flexibility index (Phi) is 4.51. The first kappa shape index (κ1) is 14.3. The van der Waals surface area contributed by atoms with Crippen LogP contribution in [0.3, 0.4) is 0 Å². The summed E-state index contributed by atoms with van der Waals surface area (Å²) in [6.07, 6.45) is 0.887. The fourth-order valence-corrected chi connectivity index (χ4v) is 2.18. The molecule has 0 heterocycles. The van der Waals surface area contributed by atoms with Crippen LogP contribution in [0.1, 0.15) is 37.6 Å². The number of rotatable bonds is 4. The summed E-state index contributed by atoms with van der Waals surface area (Å²) in [5, 5.41) is 6.32. The van der Waals surface area contributed by atoms with Crippen LogP contribution in [-0.2, 0) is 0 Å². The second kappa shape index (κ2) is 6.33. The van der Waals surface area contributed by atoms with Gasteiger partial charge in [-0.1, -0.05) is 44.2 Å². The highest BCUT2D eigenvalue weighted by Crippen LogP contribution is 2.15. The van der Waals surface area contributed by atoms with Gasteiger partial charge in [-0.15, -0.1) is 0 Å². The molecule has 0 fully saturated rings. The first-order valence-corrected chi connectivity index (χ1v) is 6.88. The number of nitrogens with one attached hydrogen (secondary N) is 1. The molecule has 3 nitrogen and oxygen atoms in total. The van der Waals surface area contributed by atoms with E-state index in [1.165, 1.54) is 0 Å². The van der Waals surface area contributed by atoms with Gasteiger partial charge in [0.05, 0.1) is 0 Å². The molecule has 3 heteroatoms. The van der Waals surface area contributed by atoms with Crippen molar-refractivity contribution in [2.24, 2.45) is 11.0 Å². The van der Waals surface area contributed by atoms with E-state index in [4.69, 9.17) is 0 Å². The Balaban J connectivity index is 2.11. The number of hydrogen-bond acceptors (Lipinski definition) is 2. The van der Waals surface area contributed by atoms with Crippen LogP contribution in [0, 0.1) is 5.92 Å². The van der Waals surface area contributed by atoms with Gasteiger partial charge in [0.25, 0.3) is 5.91 Å². The summed E-state index contributed by atoms with van der Waals surface area (Å²) in [7, 11) is 0. The van der Waals surface area contributed by atoms with Crippen molar-refractivity contribution in [1.82, 2.24) is 5.43 Å². The van der Waals surface area contributed by atoms with E-state index in [1.807, 2.05) is 49.4 Å². The Hall–Kier alpha value is -2.16. The molecule has 0 unspecified atom stereocenters. The van der Waals surface area contributed by atoms with E-state index in [-0.39, 0.29) is 5.91 Å². The average Bonchev–Trinajstić information content (AvgIpc) is 2.43.